The van der Waals surface area contributed by atoms with Gasteiger partial charge < -0.3 is 19.3 Å². The van der Waals surface area contributed by atoms with E-state index in [1.165, 1.54) is 24.3 Å². The van der Waals surface area contributed by atoms with Crippen LogP contribution in [-0.4, -0.2) is 11.7 Å². The van der Waals surface area contributed by atoms with Crippen LogP contribution >= 0.6 is 0 Å². The lowest BCUT2D eigenvalue weighted by Crippen LogP contribution is -2.09. The largest absolute Gasteiger partial charge is 0.488 e. The number of hydrogen-bond acceptors (Lipinski definition) is 4. The summed E-state index contributed by atoms with van der Waals surface area (Å²) in [6.45, 7) is 7.88. The number of aliphatic hydroxyl groups excluding tert-OH is 1. The molecule has 0 spiro atoms. The summed E-state index contributed by atoms with van der Waals surface area (Å²) in [6.07, 6.45) is 0.914. The van der Waals surface area contributed by atoms with Gasteiger partial charge in [-0.3, -0.25) is 0 Å². The molecule has 4 nitrogen and oxygen atoms in total. The molecule has 0 aliphatic carbocycles. The average Bonchev–Trinajstić information content (AvgIpc) is 3.80. The Labute approximate surface area is 241 Å². The zero-order valence-electron chi connectivity index (χ0n) is 23.9. The van der Waals surface area contributed by atoms with Gasteiger partial charge in [-0.1, -0.05) is 81.4 Å². The van der Waals surface area contributed by atoms with Crippen molar-refractivity contribution in [2.75, 3.05) is 6.61 Å². The molecule has 1 aliphatic rings. The Balaban J connectivity index is 0.000000194. The van der Waals surface area contributed by atoms with E-state index in [-0.39, 0.29) is 23.2 Å². The monoisotopic (exact) mass is 560 g/mol. The first kappa shape index (κ1) is 30.2. The van der Waals surface area contributed by atoms with E-state index in [4.69, 9.17) is 14.2 Å². The first-order valence-corrected chi connectivity index (χ1v) is 13.9. The van der Waals surface area contributed by atoms with E-state index in [9.17, 15) is 13.9 Å². The van der Waals surface area contributed by atoms with Crippen LogP contribution in [0.2, 0.25) is 0 Å². The molecule has 0 aromatic heterocycles. The second-order valence-electron chi connectivity index (χ2n) is 11.3. The summed E-state index contributed by atoms with van der Waals surface area (Å²) in [5.41, 5.74) is 3.78. The predicted octanol–water partition coefficient (Wildman–Crippen LogP) is 8.74. The second kappa shape index (κ2) is 14.2. The third kappa shape index (κ3) is 9.99. The lowest BCUT2D eigenvalue weighted by Gasteiger charge is -2.22. The van der Waals surface area contributed by atoms with Crippen LogP contribution in [0.1, 0.15) is 68.1 Å². The molecule has 2 atom stereocenters. The molecule has 0 amide bonds. The Morgan fingerprint density at radius 3 is 1.83 bits per heavy atom. The summed E-state index contributed by atoms with van der Waals surface area (Å²) in [4.78, 5) is 0. The number of halogens is 2. The molecular formula is C35H38F2O4. The Bertz CT molecular complexity index is 1370. The van der Waals surface area contributed by atoms with Gasteiger partial charge in [-0.2, -0.15) is 0 Å². The highest BCUT2D eigenvalue weighted by atomic mass is 19.1. The van der Waals surface area contributed by atoms with Crippen LogP contribution in [0.3, 0.4) is 0 Å². The fraction of sp³-hybridized carbons (Fsp3) is 0.314. The van der Waals surface area contributed by atoms with E-state index in [2.05, 4.69) is 20.8 Å². The van der Waals surface area contributed by atoms with Crippen LogP contribution in [0.25, 0.3) is 0 Å². The van der Waals surface area contributed by atoms with Gasteiger partial charge >= 0.3 is 0 Å². The lowest BCUT2D eigenvalue weighted by molar-refractivity contribution is 0.142. The molecule has 1 fully saturated rings. The molecule has 41 heavy (non-hydrogen) atoms. The summed E-state index contributed by atoms with van der Waals surface area (Å²) < 4.78 is 43.5. The maximum Gasteiger partial charge on any atom is 0.128 e. The summed E-state index contributed by atoms with van der Waals surface area (Å²) in [7, 11) is 0. The van der Waals surface area contributed by atoms with Gasteiger partial charge in [0.25, 0.3) is 0 Å². The summed E-state index contributed by atoms with van der Waals surface area (Å²) >= 11 is 0. The molecule has 0 radical (unpaired) electrons. The molecule has 6 heteroatoms. The third-order valence-corrected chi connectivity index (χ3v) is 6.63. The first-order chi connectivity index (χ1) is 19.7. The van der Waals surface area contributed by atoms with Crippen LogP contribution < -0.4 is 9.47 Å². The van der Waals surface area contributed by atoms with Crippen molar-refractivity contribution in [2.45, 2.75) is 59.0 Å². The second-order valence-corrected chi connectivity index (χ2v) is 11.3. The van der Waals surface area contributed by atoms with Crippen molar-refractivity contribution in [1.29, 1.82) is 0 Å². The van der Waals surface area contributed by atoms with Crippen molar-refractivity contribution in [3.8, 4) is 11.5 Å². The van der Waals surface area contributed by atoms with Gasteiger partial charge in [0, 0.05) is 23.3 Å². The fourth-order valence-corrected chi connectivity index (χ4v) is 4.23. The van der Waals surface area contributed by atoms with Crippen LogP contribution in [0, 0.1) is 17.0 Å². The van der Waals surface area contributed by atoms with Crippen LogP contribution in [-0.2, 0) is 18.0 Å². The Hall–Kier alpha value is -3.74. The maximum atomic E-state index is 13.5. The van der Waals surface area contributed by atoms with E-state index in [0.717, 1.165) is 23.1 Å². The van der Waals surface area contributed by atoms with E-state index in [1.807, 2.05) is 60.7 Å². The Kier molecular flexibility index (Phi) is 10.5. The topological polar surface area (TPSA) is 51.2 Å². The lowest BCUT2D eigenvalue weighted by atomic mass is 9.88. The third-order valence-electron chi connectivity index (χ3n) is 6.63. The minimum Gasteiger partial charge on any atom is -0.488 e. The number of benzene rings is 4. The molecule has 1 saturated heterocycles. The van der Waals surface area contributed by atoms with Crippen molar-refractivity contribution in [2.24, 2.45) is 5.41 Å². The van der Waals surface area contributed by atoms with Gasteiger partial charge in [-0.15, -0.1) is 0 Å². The quantitative estimate of drug-likeness (QED) is 0.197. The molecule has 4 aromatic carbocycles. The maximum absolute atomic E-state index is 13.5. The SMILES string of the molecule is CC(C)(C)CC[C@H](O)c1ccc(F)cc1OCc1ccccc1.Fc1ccc([C@@H]2CO2)c(OCc2ccccc2)c1. The number of ether oxygens (including phenoxy) is 3. The zero-order chi connectivity index (χ0) is 29.2. The zero-order valence-corrected chi connectivity index (χ0v) is 23.9. The van der Waals surface area contributed by atoms with E-state index in [1.54, 1.807) is 12.1 Å². The number of rotatable bonds is 10. The fourth-order valence-electron chi connectivity index (χ4n) is 4.23. The highest BCUT2D eigenvalue weighted by Crippen LogP contribution is 2.37. The molecule has 1 heterocycles. The molecule has 5 rings (SSSR count). The van der Waals surface area contributed by atoms with Crippen LogP contribution in [0.4, 0.5) is 8.78 Å². The molecule has 4 aromatic rings. The Morgan fingerprint density at radius 2 is 1.29 bits per heavy atom. The molecule has 0 unspecified atom stereocenters. The number of aliphatic hydroxyl groups is 1. The van der Waals surface area contributed by atoms with Crippen molar-refractivity contribution < 1.29 is 28.1 Å². The van der Waals surface area contributed by atoms with Gasteiger partial charge in [0.05, 0.1) is 12.7 Å². The minimum atomic E-state index is -0.652. The van der Waals surface area contributed by atoms with E-state index >= 15 is 0 Å². The molecule has 1 N–H and O–H groups in total. The summed E-state index contributed by atoms with van der Waals surface area (Å²) in [5, 5.41) is 10.5. The van der Waals surface area contributed by atoms with Gasteiger partial charge in [-0.25, -0.2) is 8.78 Å². The minimum absolute atomic E-state index is 0.0661. The summed E-state index contributed by atoms with van der Waals surface area (Å²) in [6, 6.07) is 28.4. The molecule has 0 bridgehead atoms. The van der Waals surface area contributed by atoms with Crippen LogP contribution in [0.5, 0.6) is 11.5 Å². The first-order valence-electron chi connectivity index (χ1n) is 13.9. The van der Waals surface area contributed by atoms with Crippen molar-refractivity contribution >= 4 is 0 Å². The normalized spacial score (nSPS) is 14.9. The molecule has 216 valence electrons. The van der Waals surface area contributed by atoms with Crippen molar-refractivity contribution in [1.82, 2.24) is 0 Å². The highest BCUT2D eigenvalue weighted by Gasteiger charge is 2.28. The van der Waals surface area contributed by atoms with Gasteiger partial charge in [0.2, 0.25) is 0 Å². The number of epoxide rings is 1. The van der Waals surface area contributed by atoms with Crippen LogP contribution in [0.15, 0.2) is 97.1 Å². The van der Waals surface area contributed by atoms with Gasteiger partial charge in [0.15, 0.2) is 0 Å². The Morgan fingerprint density at radius 1 is 0.780 bits per heavy atom. The van der Waals surface area contributed by atoms with E-state index < -0.39 is 6.10 Å². The molecular weight excluding hydrogens is 522 g/mol. The highest BCUT2D eigenvalue weighted by molar-refractivity contribution is 5.38. The number of hydrogen-bond donors (Lipinski definition) is 1. The van der Waals surface area contributed by atoms with Gasteiger partial charge in [0.1, 0.15) is 42.5 Å². The smallest absolute Gasteiger partial charge is 0.128 e. The van der Waals surface area contributed by atoms with Gasteiger partial charge in [-0.05, 0) is 53.6 Å². The molecule has 0 saturated carbocycles. The van der Waals surface area contributed by atoms with E-state index in [0.29, 0.717) is 43.3 Å². The van der Waals surface area contributed by atoms with Crippen molar-refractivity contribution in [3.05, 3.63) is 131 Å². The van der Waals surface area contributed by atoms with Crippen molar-refractivity contribution in [3.63, 3.8) is 0 Å². The average molecular weight is 561 g/mol. The molecule has 1 aliphatic heterocycles. The predicted molar refractivity (Wildman–Crippen MR) is 157 cm³/mol. The standard InChI is InChI=1S/C20H25FO2.C15H13FO2/c1-20(2,3)12-11-18(22)17-10-9-16(21)13-19(17)23-14-15-7-5-4-6-8-15;16-12-6-7-13(15-10-18-15)14(8-12)17-9-11-4-2-1-3-5-11/h4-10,13,18,22H,11-12,14H2,1-3H3;1-8,15H,9-10H2/t18-;15-/m00/s1. The summed E-state index contributed by atoms with van der Waals surface area (Å²) in [5.74, 6) is 0.332.